The minimum Gasteiger partial charge on any atom is -0.372 e. The lowest BCUT2D eigenvalue weighted by atomic mass is 10.1. The summed E-state index contributed by atoms with van der Waals surface area (Å²) in [6.07, 6.45) is 9.29. The highest BCUT2D eigenvalue weighted by Gasteiger charge is 2.24. The zero-order chi connectivity index (χ0) is 18.4. The highest BCUT2D eigenvalue weighted by molar-refractivity contribution is 5.94. The fourth-order valence-corrected chi connectivity index (χ4v) is 4.15. The Bertz CT molecular complexity index is 600. The zero-order valence-electron chi connectivity index (χ0n) is 15.9. The molecule has 3 rings (SSSR count). The molecule has 1 aromatic carbocycles. The van der Waals surface area contributed by atoms with Gasteiger partial charge in [0.25, 0.3) is 0 Å². The van der Waals surface area contributed by atoms with Crippen molar-refractivity contribution >= 4 is 23.2 Å². The van der Waals surface area contributed by atoms with Crippen LogP contribution in [0.3, 0.4) is 0 Å². The maximum Gasteiger partial charge on any atom is 0.244 e. The number of rotatable bonds is 5. The molecule has 5 nitrogen and oxygen atoms in total. The molecule has 1 saturated heterocycles. The van der Waals surface area contributed by atoms with Gasteiger partial charge in [0.1, 0.15) is 6.54 Å². The van der Waals surface area contributed by atoms with Crippen LogP contribution in [-0.4, -0.2) is 42.4 Å². The fraction of sp³-hybridized carbons (Fsp3) is 0.619. The van der Waals surface area contributed by atoms with Crippen LogP contribution in [0.25, 0.3) is 0 Å². The highest BCUT2D eigenvalue weighted by Crippen LogP contribution is 2.23. The fourth-order valence-electron chi connectivity index (χ4n) is 4.15. The van der Waals surface area contributed by atoms with E-state index in [1.807, 2.05) is 12.1 Å². The minimum atomic E-state index is -0.113. The number of benzene rings is 1. The molecule has 0 unspecified atom stereocenters. The smallest absolute Gasteiger partial charge is 0.244 e. The number of carbonyl (C=O) groups excluding carboxylic acids is 2. The first-order valence-corrected chi connectivity index (χ1v) is 10.1. The van der Waals surface area contributed by atoms with Crippen LogP contribution in [-0.2, 0) is 9.59 Å². The molecule has 1 heterocycles. The Morgan fingerprint density at radius 3 is 2.19 bits per heavy atom. The van der Waals surface area contributed by atoms with E-state index in [0.29, 0.717) is 0 Å². The van der Waals surface area contributed by atoms with Crippen LogP contribution in [0.15, 0.2) is 24.3 Å². The summed E-state index contributed by atoms with van der Waals surface area (Å²) in [5.74, 6) is -0.116. The van der Waals surface area contributed by atoms with Gasteiger partial charge >= 0.3 is 0 Å². The summed E-state index contributed by atoms with van der Waals surface area (Å²) in [4.78, 5) is 28.7. The SMILES string of the molecule is CC(=O)N(CC(=O)Nc1ccc(N2CCCC2)cc1)C1CCCCCC1. The number of anilines is 2. The van der Waals surface area contributed by atoms with Gasteiger partial charge in [-0.05, 0) is 49.9 Å². The van der Waals surface area contributed by atoms with Crippen LogP contribution < -0.4 is 10.2 Å². The van der Waals surface area contributed by atoms with Crippen molar-refractivity contribution in [1.29, 1.82) is 0 Å². The lowest BCUT2D eigenvalue weighted by Crippen LogP contribution is -2.43. The maximum atomic E-state index is 12.5. The Morgan fingerprint density at radius 1 is 1.00 bits per heavy atom. The second-order valence-electron chi connectivity index (χ2n) is 7.58. The van der Waals surface area contributed by atoms with E-state index in [4.69, 9.17) is 0 Å². The van der Waals surface area contributed by atoms with Crippen molar-refractivity contribution in [2.24, 2.45) is 0 Å². The minimum absolute atomic E-state index is 0.00330. The molecule has 2 amide bonds. The van der Waals surface area contributed by atoms with E-state index < -0.39 is 0 Å². The molecule has 1 aromatic rings. The first-order valence-electron chi connectivity index (χ1n) is 10.1. The summed E-state index contributed by atoms with van der Waals surface area (Å²) in [5, 5.41) is 2.95. The molecule has 0 atom stereocenters. The van der Waals surface area contributed by atoms with Gasteiger partial charge in [-0.3, -0.25) is 9.59 Å². The van der Waals surface area contributed by atoms with E-state index in [2.05, 4.69) is 22.3 Å². The Balaban J connectivity index is 1.56. The summed E-state index contributed by atoms with van der Waals surface area (Å²) >= 11 is 0. The average Bonchev–Trinajstić information content (AvgIpc) is 3.03. The molecular weight excluding hydrogens is 326 g/mol. The number of hydrogen-bond acceptors (Lipinski definition) is 3. The Kier molecular flexibility index (Phi) is 6.53. The predicted molar refractivity (Wildman–Crippen MR) is 105 cm³/mol. The van der Waals surface area contributed by atoms with Gasteiger partial charge in [0.15, 0.2) is 0 Å². The maximum absolute atomic E-state index is 12.5. The molecule has 5 heteroatoms. The molecule has 1 N–H and O–H groups in total. The number of hydrogen-bond donors (Lipinski definition) is 1. The molecular formula is C21H31N3O2. The Labute approximate surface area is 156 Å². The quantitative estimate of drug-likeness (QED) is 0.816. The summed E-state index contributed by atoms with van der Waals surface area (Å²) in [5.41, 5.74) is 2.01. The van der Waals surface area contributed by atoms with Crippen molar-refractivity contribution < 1.29 is 9.59 Å². The third kappa shape index (κ3) is 4.99. The van der Waals surface area contributed by atoms with Crippen LogP contribution in [0.2, 0.25) is 0 Å². The van der Waals surface area contributed by atoms with Gasteiger partial charge in [-0.2, -0.15) is 0 Å². The van der Waals surface area contributed by atoms with Gasteiger partial charge < -0.3 is 15.1 Å². The third-order valence-corrected chi connectivity index (χ3v) is 5.61. The van der Waals surface area contributed by atoms with Gasteiger partial charge in [-0.15, -0.1) is 0 Å². The predicted octanol–water partition coefficient (Wildman–Crippen LogP) is 3.80. The Hall–Kier alpha value is -2.04. The summed E-state index contributed by atoms with van der Waals surface area (Å²) in [6.45, 7) is 3.94. The number of carbonyl (C=O) groups is 2. The van der Waals surface area contributed by atoms with E-state index in [1.165, 1.54) is 31.4 Å². The molecule has 1 aliphatic heterocycles. The van der Waals surface area contributed by atoms with Crippen molar-refractivity contribution in [2.45, 2.75) is 64.3 Å². The van der Waals surface area contributed by atoms with E-state index in [0.717, 1.165) is 44.5 Å². The van der Waals surface area contributed by atoms with Gasteiger partial charge in [0.05, 0.1) is 0 Å². The molecule has 1 aliphatic carbocycles. The normalized spacial score (nSPS) is 18.4. The van der Waals surface area contributed by atoms with Crippen molar-refractivity contribution in [3.8, 4) is 0 Å². The van der Waals surface area contributed by atoms with E-state index in [-0.39, 0.29) is 24.4 Å². The summed E-state index contributed by atoms with van der Waals surface area (Å²) in [6, 6.07) is 8.24. The first-order chi connectivity index (χ1) is 12.6. The molecule has 26 heavy (non-hydrogen) atoms. The van der Waals surface area contributed by atoms with Crippen LogP contribution in [0, 0.1) is 0 Å². The lowest BCUT2D eigenvalue weighted by Gasteiger charge is -2.29. The second kappa shape index (κ2) is 9.06. The average molecular weight is 357 g/mol. The second-order valence-corrected chi connectivity index (χ2v) is 7.58. The lowest BCUT2D eigenvalue weighted by molar-refractivity contribution is -0.135. The number of amides is 2. The molecule has 1 saturated carbocycles. The molecule has 2 aliphatic rings. The van der Waals surface area contributed by atoms with Crippen LogP contribution in [0.1, 0.15) is 58.3 Å². The van der Waals surface area contributed by atoms with Gasteiger partial charge in [0, 0.05) is 37.4 Å². The third-order valence-electron chi connectivity index (χ3n) is 5.61. The monoisotopic (exact) mass is 357 g/mol. The molecule has 0 aromatic heterocycles. The number of nitrogens with one attached hydrogen (secondary N) is 1. The van der Waals surface area contributed by atoms with E-state index in [9.17, 15) is 9.59 Å². The van der Waals surface area contributed by atoms with Crippen molar-refractivity contribution in [3.63, 3.8) is 0 Å². The van der Waals surface area contributed by atoms with Crippen LogP contribution in [0.4, 0.5) is 11.4 Å². The van der Waals surface area contributed by atoms with E-state index in [1.54, 1.807) is 11.8 Å². The largest absolute Gasteiger partial charge is 0.372 e. The summed E-state index contributed by atoms with van der Waals surface area (Å²) in [7, 11) is 0. The summed E-state index contributed by atoms with van der Waals surface area (Å²) < 4.78 is 0. The van der Waals surface area contributed by atoms with Crippen LogP contribution in [0.5, 0.6) is 0 Å². The molecule has 0 radical (unpaired) electrons. The zero-order valence-corrected chi connectivity index (χ0v) is 15.9. The van der Waals surface area contributed by atoms with Crippen LogP contribution >= 0.6 is 0 Å². The van der Waals surface area contributed by atoms with Crippen molar-refractivity contribution in [1.82, 2.24) is 4.90 Å². The standard InChI is InChI=1S/C21H31N3O2/c1-17(25)24(20-8-4-2-3-5-9-20)16-21(26)22-18-10-12-19(13-11-18)23-14-6-7-15-23/h10-13,20H,2-9,14-16H2,1H3,(H,22,26). The van der Waals surface area contributed by atoms with Gasteiger partial charge in [-0.25, -0.2) is 0 Å². The van der Waals surface area contributed by atoms with Gasteiger partial charge in [0.2, 0.25) is 11.8 Å². The Morgan fingerprint density at radius 2 is 1.62 bits per heavy atom. The van der Waals surface area contributed by atoms with Crippen molar-refractivity contribution in [2.75, 3.05) is 29.9 Å². The molecule has 2 fully saturated rings. The molecule has 142 valence electrons. The first kappa shape index (κ1) is 18.7. The number of nitrogens with zero attached hydrogens (tertiary/aromatic N) is 2. The van der Waals surface area contributed by atoms with Gasteiger partial charge in [-0.1, -0.05) is 25.7 Å². The molecule has 0 bridgehead atoms. The molecule has 0 spiro atoms. The van der Waals surface area contributed by atoms with Crippen molar-refractivity contribution in [3.05, 3.63) is 24.3 Å². The topological polar surface area (TPSA) is 52.7 Å². The van der Waals surface area contributed by atoms with E-state index >= 15 is 0 Å². The highest BCUT2D eigenvalue weighted by atomic mass is 16.2.